The van der Waals surface area contributed by atoms with Crippen LogP contribution in [0.2, 0.25) is 0 Å². The van der Waals surface area contributed by atoms with E-state index in [1.54, 1.807) is 0 Å². The van der Waals surface area contributed by atoms with Gasteiger partial charge in [0.1, 0.15) is 5.75 Å². The van der Waals surface area contributed by atoms with Crippen molar-refractivity contribution in [3.8, 4) is 5.75 Å². The number of benzene rings is 1. The lowest BCUT2D eigenvalue weighted by atomic mass is 10.0. The van der Waals surface area contributed by atoms with Gasteiger partial charge in [0.2, 0.25) is 0 Å². The molecule has 0 amide bonds. The molecule has 106 valence electrons. The van der Waals surface area contributed by atoms with Crippen LogP contribution >= 0.6 is 0 Å². The lowest BCUT2D eigenvalue weighted by Crippen LogP contribution is -2.39. The Hall–Kier alpha value is -1.06. The molecule has 3 nitrogen and oxygen atoms in total. The summed E-state index contributed by atoms with van der Waals surface area (Å²) in [6, 6.07) is 6.75. The standard InChI is InChI=1S/C16H25NO2/c1-12(2)15(11-18)17(3)8-6-13-4-5-16-14(10-13)7-9-19-16/h4-5,10,12,15,18H,6-9,11H2,1-3H3. The van der Waals surface area contributed by atoms with E-state index < -0.39 is 0 Å². The molecule has 1 atom stereocenters. The molecule has 0 bridgehead atoms. The molecule has 2 rings (SSSR count). The van der Waals surface area contributed by atoms with Crippen molar-refractivity contribution in [2.75, 3.05) is 26.8 Å². The van der Waals surface area contributed by atoms with Crippen LogP contribution in [0.1, 0.15) is 25.0 Å². The molecule has 0 spiro atoms. The van der Waals surface area contributed by atoms with Crippen molar-refractivity contribution < 1.29 is 9.84 Å². The number of aliphatic hydroxyl groups excluding tert-OH is 1. The number of nitrogens with zero attached hydrogens (tertiary/aromatic N) is 1. The molecule has 0 fully saturated rings. The Morgan fingerprint density at radius 2 is 2.16 bits per heavy atom. The van der Waals surface area contributed by atoms with Crippen LogP contribution in [-0.2, 0) is 12.8 Å². The van der Waals surface area contributed by atoms with Gasteiger partial charge in [-0.15, -0.1) is 0 Å². The third kappa shape index (κ3) is 3.48. The van der Waals surface area contributed by atoms with E-state index in [1.807, 2.05) is 0 Å². The summed E-state index contributed by atoms with van der Waals surface area (Å²) >= 11 is 0. The van der Waals surface area contributed by atoms with Crippen molar-refractivity contribution >= 4 is 0 Å². The minimum atomic E-state index is 0.228. The predicted molar refractivity (Wildman–Crippen MR) is 77.7 cm³/mol. The molecule has 0 saturated heterocycles. The van der Waals surface area contributed by atoms with E-state index in [-0.39, 0.29) is 12.6 Å². The van der Waals surface area contributed by atoms with Crippen LogP contribution in [-0.4, -0.2) is 42.9 Å². The van der Waals surface area contributed by atoms with Gasteiger partial charge in [-0.2, -0.15) is 0 Å². The quantitative estimate of drug-likeness (QED) is 0.853. The SMILES string of the molecule is CC(C)C(CO)N(C)CCc1ccc2c(c1)CCO2. The highest BCUT2D eigenvalue weighted by Gasteiger charge is 2.17. The van der Waals surface area contributed by atoms with Crippen LogP contribution < -0.4 is 4.74 Å². The molecule has 0 radical (unpaired) electrons. The van der Waals surface area contributed by atoms with E-state index in [9.17, 15) is 5.11 Å². The maximum absolute atomic E-state index is 9.43. The maximum Gasteiger partial charge on any atom is 0.122 e. The first-order chi connectivity index (χ1) is 9.11. The molecule has 1 aromatic carbocycles. The molecule has 0 aromatic heterocycles. The van der Waals surface area contributed by atoms with Crippen LogP contribution in [0, 0.1) is 5.92 Å². The molecular weight excluding hydrogens is 238 g/mol. The highest BCUT2D eigenvalue weighted by Crippen LogP contribution is 2.26. The van der Waals surface area contributed by atoms with E-state index in [0.717, 1.165) is 31.7 Å². The zero-order chi connectivity index (χ0) is 13.8. The van der Waals surface area contributed by atoms with Gasteiger partial charge in [-0.1, -0.05) is 26.0 Å². The lowest BCUT2D eigenvalue weighted by molar-refractivity contribution is 0.114. The average Bonchev–Trinajstić information content (AvgIpc) is 2.84. The topological polar surface area (TPSA) is 32.7 Å². The lowest BCUT2D eigenvalue weighted by Gasteiger charge is -2.29. The summed E-state index contributed by atoms with van der Waals surface area (Å²) in [6.45, 7) is 6.34. The minimum Gasteiger partial charge on any atom is -0.493 e. The molecule has 1 aliphatic rings. The average molecular weight is 263 g/mol. The summed E-state index contributed by atoms with van der Waals surface area (Å²) in [5.74, 6) is 1.52. The van der Waals surface area contributed by atoms with Crippen LogP contribution in [0.15, 0.2) is 18.2 Å². The van der Waals surface area contributed by atoms with Gasteiger partial charge in [0.15, 0.2) is 0 Å². The van der Waals surface area contributed by atoms with Gasteiger partial charge in [0, 0.05) is 19.0 Å². The summed E-state index contributed by atoms with van der Waals surface area (Å²) in [7, 11) is 2.09. The Bertz CT molecular complexity index is 417. The molecule has 3 heteroatoms. The van der Waals surface area contributed by atoms with E-state index in [1.165, 1.54) is 11.1 Å². The summed E-state index contributed by atoms with van der Waals surface area (Å²) in [6.07, 6.45) is 2.05. The summed E-state index contributed by atoms with van der Waals surface area (Å²) in [5.41, 5.74) is 2.69. The van der Waals surface area contributed by atoms with E-state index in [2.05, 4.69) is 44.0 Å². The summed E-state index contributed by atoms with van der Waals surface area (Å²) < 4.78 is 5.52. The number of likely N-dealkylation sites (N-methyl/N-ethyl adjacent to an activating group) is 1. The van der Waals surface area contributed by atoms with Gasteiger partial charge in [-0.25, -0.2) is 0 Å². The molecule has 1 aliphatic heterocycles. The normalized spacial score (nSPS) is 15.7. The first kappa shape index (κ1) is 14.4. The Balaban J connectivity index is 1.91. The first-order valence-corrected chi connectivity index (χ1v) is 7.17. The van der Waals surface area contributed by atoms with Crippen LogP contribution in [0.4, 0.5) is 0 Å². The Labute approximate surface area is 116 Å². The smallest absolute Gasteiger partial charge is 0.122 e. The third-order valence-corrected chi connectivity index (χ3v) is 4.03. The molecule has 1 heterocycles. The number of rotatable bonds is 6. The van der Waals surface area contributed by atoms with E-state index >= 15 is 0 Å². The Kier molecular flexibility index (Phi) is 4.83. The van der Waals surface area contributed by atoms with E-state index in [4.69, 9.17) is 4.74 Å². The molecule has 0 aliphatic carbocycles. The fraction of sp³-hybridized carbons (Fsp3) is 0.625. The van der Waals surface area contributed by atoms with Crippen molar-refractivity contribution in [1.29, 1.82) is 0 Å². The monoisotopic (exact) mass is 263 g/mol. The van der Waals surface area contributed by atoms with Gasteiger partial charge in [-0.05, 0) is 36.6 Å². The molecule has 19 heavy (non-hydrogen) atoms. The van der Waals surface area contributed by atoms with Crippen LogP contribution in [0.25, 0.3) is 0 Å². The van der Waals surface area contributed by atoms with Crippen molar-refractivity contribution in [2.45, 2.75) is 32.7 Å². The fourth-order valence-corrected chi connectivity index (χ4v) is 2.73. The minimum absolute atomic E-state index is 0.228. The zero-order valence-electron chi connectivity index (χ0n) is 12.2. The molecule has 0 saturated carbocycles. The van der Waals surface area contributed by atoms with Crippen LogP contribution in [0.5, 0.6) is 5.75 Å². The van der Waals surface area contributed by atoms with Crippen molar-refractivity contribution in [1.82, 2.24) is 4.90 Å². The molecular formula is C16H25NO2. The van der Waals surface area contributed by atoms with Gasteiger partial charge in [0.05, 0.1) is 13.2 Å². The zero-order valence-corrected chi connectivity index (χ0v) is 12.2. The summed E-state index contributed by atoms with van der Waals surface area (Å²) in [4.78, 5) is 2.26. The van der Waals surface area contributed by atoms with Crippen molar-refractivity contribution in [3.63, 3.8) is 0 Å². The van der Waals surface area contributed by atoms with Crippen LogP contribution in [0.3, 0.4) is 0 Å². The third-order valence-electron chi connectivity index (χ3n) is 4.03. The second kappa shape index (κ2) is 6.40. The number of ether oxygens (including phenoxy) is 1. The molecule has 1 N–H and O–H groups in total. The number of aliphatic hydroxyl groups is 1. The second-order valence-corrected chi connectivity index (χ2v) is 5.77. The summed E-state index contributed by atoms with van der Waals surface area (Å²) in [5, 5.41) is 9.43. The van der Waals surface area contributed by atoms with Gasteiger partial charge in [0.25, 0.3) is 0 Å². The predicted octanol–water partition coefficient (Wildman–Crippen LogP) is 2.11. The van der Waals surface area contributed by atoms with Gasteiger partial charge >= 0.3 is 0 Å². The highest BCUT2D eigenvalue weighted by molar-refractivity contribution is 5.39. The Morgan fingerprint density at radius 3 is 2.84 bits per heavy atom. The van der Waals surface area contributed by atoms with E-state index in [0.29, 0.717) is 5.92 Å². The first-order valence-electron chi connectivity index (χ1n) is 7.17. The Morgan fingerprint density at radius 1 is 1.37 bits per heavy atom. The maximum atomic E-state index is 9.43. The fourth-order valence-electron chi connectivity index (χ4n) is 2.73. The molecule has 1 unspecified atom stereocenters. The second-order valence-electron chi connectivity index (χ2n) is 5.77. The molecule has 1 aromatic rings. The van der Waals surface area contributed by atoms with Gasteiger partial charge < -0.3 is 14.7 Å². The highest BCUT2D eigenvalue weighted by atomic mass is 16.5. The van der Waals surface area contributed by atoms with Gasteiger partial charge in [-0.3, -0.25) is 0 Å². The largest absolute Gasteiger partial charge is 0.493 e. The number of fused-ring (bicyclic) bond motifs is 1. The van der Waals surface area contributed by atoms with Crippen molar-refractivity contribution in [3.05, 3.63) is 29.3 Å². The van der Waals surface area contributed by atoms with Crippen molar-refractivity contribution in [2.24, 2.45) is 5.92 Å². The number of hydrogen-bond donors (Lipinski definition) is 1. The number of hydrogen-bond acceptors (Lipinski definition) is 3.